The Labute approximate surface area is 217 Å². The maximum absolute atomic E-state index is 5.03. The number of rotatable bonds is 4. The SMILES string of the molecule is c1ccc(-c2cc(-c3ccc(-n4c5c(c6cccnc64)CCCC5)cc3)cc(-c3ccccc3)n2)cc1. The van der Waals surface area contributed by atoms with Gasteiger partial charge in [0.15, 0.2) is 0 Å². The van der Waals surface area contributed by atoms with Crippen LogP contribution in [0.5, 0.6) is 0 Å². The largest absolute Gasteiger partial charge is 0.298 e. The molecular weight excluding hydrogens is 450 g/mol. The van der Waals surface area contributed by atoms with E-state index in [4.69, 9.17) is 9.97 Å². The Morgan fingerprint density at radius 2 is 1.22 bits per heavy atom. The molecule has 0 fully saturated rings. The van der Waals surface area contributed by atoms with Crippen LogP contribution in [0.25, 0.3) is 50.4 Å². The number of hydrogen-bond acceptors (Lipinski definition) is 2. The van der Waals surface area contributed by atoms with E-state index in [2.05, 4.69) is 102 Å². The van der Waals surface area contributed by atoms with Crippen molar-refractivity contribution in [2.75, 3.05) is 0 Å². The van der Waals surface area contributed by atoms with Crippen LogP contribution < -0.4 is 0 Å². The Bertz CT molecular complexity index is 1640. The highest BCUT2D eigenvalue weighted by Gasteiger charge is 2.21. The monoisotopic (exact) mass is 477 g/mol. The molecule has 1 aliphatic rings. The zero-order chi connectivity index (χ0) is 24.6. The van der Waals surface area contributed by atoms with E-state index < -0.39 is 0 Å². The van der Waals surface area contributed by atoms with Crippen LogP contribution in [0, 0.1) is 0 Å². The van der Waals surface area contributed by atoms with E-state index in [1.165, 1.54) is 40.7 Å². The molecule has 6 aromatic rings. The Hall–Kier alpha value is -4.50. The van der Waals surface area contributed by atoms with Crippen molar-refractivity contribution >= 4 is 11.0 Å². The summed E-state index contributed by atoms with van der Waals surface area (Å²) in [6.07, 6.45) is 6.66. The van der Waals surface area contributed by atoms with Crippen molar-refractivity contribution in [2.45, 2.75) is 25.7 Å². The van der Waals surface area contributed by atoms with Gasteiger partial charge in [-0.25, -0.2) is 9.97 Å². The van der Waals surface area contributed by atoms with E-state index in [0.717, 1.165) is 46.6 Å². The van der Waals surface area contributed by atoms with Crippen LogP contribution in [0.2, 0.25) is 0 Å². The normalized spacial score (nSPS) is 13.0. The summed E-state index contributed by atoms with van der Waals surface area (Å²) >= 11 is 0. The Balaban J connectivity index is 1.34. The molecule has 0 unspecified atom stereocenters. The maximum atomic E-state index is 5.03. The molecule has 3 aromatic heterocycles. The van der Waals surface area contributed by atoms with Crippen molar-refractivity contribution in [1.82, 2.24) is 14.5 Å². The van der Waals surface area contributed by atoms with Crippen LogP contribution in [0.15, 0.2) is 115 Å². The molecular formula is C34H27N3. The van der Waals surface area contributed by atoms with Crippen molar-refractivity contribution in [3.05, 3.63) is 127 Å². The average molecular weight is 478 g/mol. The van der Waals surface area contributed by atoms with E-state index in [1.54, 1.807) is 0 Å². The van der Waals surface area contributed by atoms with E-state index >= 15 is 0 Å². The molecule has 178 valence electrons. The van der Waals surface area contributed by atoms with Crippen LogP contribution in [0.3, 0.4) is 0 Å². The van der Waals surface area contributed by atoms with Gasteiger partial charge in [0.05, 0.1) is 11.4 Å². The summed E-state index contributed by atoms with van der Waals surface area (Å²) in [5.74, 6) is 0. The molecule has 0 radical (unpaired) electrons. The van der Waals surface area contributed by atoms with Gasteiger partial charge in [-0.1, -0.05) is 72.8 Å². The number of nitrogens with zero attached hydrogens (tertiary/aromatic N) is 3. The lowest BCUT2D eigenvalue weighted by atomic mass is 9.96. The minimum Gasteiger partial charge on any atom is -0.298 e. The van der Waals surface area contributed by atoms with Crippen LogP contribution in [-0.4, -0.2) is 14.5 Å². The third-order valence-corrected chi connectivity index (χ3v) is 7.46. The third-order valence-electron chi connectivity index (χ3n) is 7.46. The summed E-state index contributed by atoms with van der Waals surface area (Å²) in [5, 5.41) is 1.30. The first-order chi connectivity index (χ1) is 18.3. The Kier molecular flexibility index (Phi) is 5.40. The lowest BCUT2D eigenvalue weighted by Crippen LogP contribution is -2.07. The fraction of sp³-hybridized carbons (Fsp3) is 0.118. The molecule has 3 heterocycles. The number of benzene rings is 3. The Morgan fingerprint density at radius 3 is 1.89 bits per heavy atom. The lowest BCUT2D eigenvalue weighted by molar-refractivity contribution is 0.666. The minimum atomic E-state index is 0.982. The second-order valence-electron chi connectivity index (χ2n) is 9.75. The molecule has 0 bridgehead atoms. The average Bonchev–Trinajstić information content (AvgIpc) is 3.32. The molecule has 1 aliphatic carbocycles. The van der Waals surface area contributed by atoms with Gasteiger partial charge < -0.3 is 0 Å². The van der Waals surface area contributed by atoms with E-state index in [-0.39, 0.29) is 0 Å². The molecule has 0 saturated heterocycles. The highest BCUT2D eigenvalue weighted by atomic mass is 15.1. The molecule has 3 heteroatoms. The number of aryl methyl sites for hydroxylation is 1. The highest BCUT2D eigenvalue weighted by molar-refractivity contribution is 5.85. The number of pyridine rings is 2. The fourth-order valence-corrected chi connectivity index (χ4v) is 5.66. The second kappa shape index (κ2) is 9.18. The summed E-state index contributed by atoms with van der Waals surface area (Å²) in [6, 6.07) is 38.5. The molecule has 0 N–H and O–H groups in total. The second-order valence-corrected chi connectivity index (χ2v) is 9.75. The Morgan fingerprint density at radius 1 is 0.568 bits per heavy atom. The lowest BCUT2D eigenvalue weighted by Gasteiger charge is -2.16. The topological polar surface area (TPSA) is 30.7 Å². The summed E-state index contributed by atoms with van der Waals surface area (Å²) in [6.45, 7) is 0. The molecule has 0 amide bonds. The maximum Gasteiger partial charge on any atom is 0.144 e. The van der Waals surface area contributed by atoms with Gasteiger partial charge in [0, 0.05) is 34.1 Å². The summed E-state index contributed by atoms with van der Waals surface area (Å²) in [5.41, 5.74) is 11.7. The zero-order valence-electron chi connectivity index (χ0n) is 20.6. The van der Waals surface area contributed by atoms with Gasteiger partial charge >= 0.3 is 0 Å². The van der Waals surface area contributed by atoms with Gasteiger partial charge in [0.2, 0.25) is 0 Å². The van der Waals surface area contributed by atoms with Gasteiger partial charge in [-0.15, -0.1) is 0 Å². The van der Waals surface area contributed by atoms with Crippen LogP contribution in [0.1, 0.15) is 24.1 Å². The van der Waals surface area contributed by atoms with Gasteiger partial charge in [-0.05, 0) is 78.8 Å². The van der Waals surface area contributed by atoms with Crippen molar-refractivity contribution in [3.8, 4) is 39.3 Å². The van der Waals surface area contributed by atoms with E-state index in [1.807, 2.05) is 18.3 Å². The molecule has 0 aliphatic heterocycles. The quantitative estimate of drug-likeness (QED) is 0.256. The predicted molar refractivity (Wildman–Crippen MR) is 152 cm³/mol. The smallest absolute Gasteiger partial charge is 0.144 e. The highest BCUT2D eigenvalue weighted by Crippen LogP contribution is 2.35. The first kappa shape index (κ1) is 21.8. The molecule has 3 aromatic carbocycles. The van der Waals surface area contributed by atoms with Crippen molar-refractivity contribution < 1.29 is 0 Å². The van der Waals surface area contributed by atoms with E-state index in [9.17, 15) is 0 Å². The molecule has 0 saturated carbocycles. The van der Waals surface area contributed by atoms with Gasteiger partial charge in [-0.2, -0.15) is 0 Å². The number of fused-ring (bicyclic) bond motifs is 3. The van der Waals surface area contributed by atoms with Gasteiger partial charge in [0.25, 0.3) is 0 Å². The fourth-order valence-electron chi connectivity index (χ4n) is 5.66. The van der Waals surface area contributed by atoms with Gasteiger partial charge in [-0.3, -0.25) is 4.57 Å². The molecule has 37 heavy (non-hydrogen) atoms. The first-order valence-electron chi connectivity index (χ1n) is 13.1. The molecule has 7 rings (SSSR count). The third kappa shape index (κ3) is 3.93. The van der Waals surface area contributed by atoms with E-state index in [0.29, 0.717) is 0 Å². The summed E-state index contributed by atoms with van der Waals surface area (Å²) in [7, 11) is 0. The van der Waals surface area contributed by atoms with Crippen molar-refractivity contribution in [3.63, 3.8) is 0 Å². The van der Waals surface area contributed by atoms with Crippen LogP contribution in [0.4, 0.5) is 0 Å². The number of aromatic nitrogens is 3. The van der Waals surface area contributed by atoms with Crippen molar-refractivity contribution in [1.29, 1.82) is 0 Å². The predicted octanol–water partition coefficient (Wildman–Crippen LogP) is 8.30. The molecule has 0 atom stereocenters. The standard InChI is InChI=1S/C34H27N3/c1-3-10-25(11-4-1)31-22-27(23-32(36-31)26-12-5-2-6-13-26)24-17-19-28(20-18-24)37-33-16-8-7-14-29(33)30-15-9-21-35-34(30)37/h1-6,9-13,15,17-23H,7-8,14,16H2. The van der Waals surface area contributed by atoms with Crippen molar-refractivity contribution in [2.24, 2.45) is 0 Å². The summed E-state index contributed by atoms with van der Waals surface area (Å²) in [4.78, 5) is 9.82. The zero-order valence-corrected chi connectivity index (χ0v) is 20.6. The van der Waals surface area contributed by atoms with Gasteiger partial charge in [0.1, 0.15) is 5.65 Å². The summed E-state index contributed by atoms with van der Waals surface area (Å²) < 4.78 is 2.38. The van der Waals surface area contributed by atoms with Crippen LogP contribution >= 0.6 is 0 Å². The minimum absolute atomic E-state index is 0.982. The first-order valence-corrected chi connectivity index (χ1v) is 13.1. The molecule has 0 spiro atoms. The van der Waals surface area contributed by atoms with Crippen LogP contribution in [-0.2, 0) is 12.8 Å². The molecule has 3 nitrogen and oxygen atoms in total. The number of hydrogen-bond donors (Lipinski definition) is 0.